The lowest BCUT2D eigenvalue weighted by atomic mass is 10.0. The molecule has 96 valence electrons. The molecule has 0 radical (unpaired) electrons. The average Bonchev–Trinajstić information content (AvgIpc) is 2.65. The molecular formula is C14H19N3O. The number of benzene rings is 1. The van der Waals surface area contributed by atoms with Gasteiger partial charge < -0.3 is 15.0 Å². The molecule has 18 heavy (non-hydrogen) atoms. The zero-order valence-corrected chi connectivity index (χ0v) is 11.3. The molecule has 1 heterocycles. The normalized spacial score (nSPS) is 10.7. The van der Waals surface area contributed by atoms with Crippen LogP contribution >= 0.6 is 0 Å². The highest BCUT2D eigenvalue weighted by Gasteiger charge is 2.15. The van der Waals surface area contributed by atoms with Crippen molar-refractivity contribution in [2.24, 2.45) is 7.05 Å². The van der Waals surface area contributed by atoms with E-state index in [9.17, 15) is 0 Å². The van der Waals surface area contributed by atoms with Crippen LogP contribution in [-0.4, -0.2) is 16.7 Å². The number of nitrogens with zero attached hydrogens (tertiary/aromatic N) is 2. The Morgan fingerprint density at radius 3 is 2.61 bits per heavy atom. The van der Waals surface area contributed by atoms with Gasteiger partial charge in [-0.2, -0.15) is 0 Å². The summed E-state index contributed by atoms with van der Waals surface area (Å²) >= 11 is 0. The van der Waals surface area contributed by atoms with E-state index in [4.69, 9.17) is 10.5 Å². The van der Waals surface area contributed by atoms with Crippen molar-refractivity contribution >= 4 is 5.95 Å². The van der Waals surface area contributed by atoms with E-state index in [0.717, 1.165) is 29.1 Å². The van der Waals surface area contributed by atoms with Gasteiger partial charge in [-0.1, -0.05) is 13.0 Å². The van der Waals surface area contributed by atoms with Gasteiger partial charge >= 0.3 is 0 Å². The fourth-order valence-electron chi connectivity index (χ4n) is 2.02. The second-order valence-corrected chi connectivity index (χ2v) is 4.35. The Labute approximate surface area is 107 Å². The molecular weight excluding hydrogens is 226 g/mol. The summed E-state index contributed by atoms with van der Waals surface area (Å²) in [7, 11) is 3.59. The summed E-state index contributed by atoms with van der Waals surface area (Å²) in [5.41, 5.74) is 10.0. The zero-order valence-electron chi connectivity index (χ0n) is 11.3. The summed E-state index contributed by atoms with van der Waals surface area (Å²) in [4.78, 5) is 4.42. The molecule has 0 amide bonds. The first kappa shape index (κ1) is 12.5. The first-order valence-corrected chi connectivity index (χ1v) is 6.04. The van der Waals surface area contributed by atoms with E-state index in [1.807, 2.05) is 24.6 Å². The summed E-state index contributed by atoms with van der Waals surface area (Å²) in [6, 6.07) is 6.18. The fraction of sp³-hybridized carbons (Fsp3) is 0.357. The molecule has 0 aliphatic rings. The first-order chi connectivity index (χ1) is 8.58. The molecule has 0 bridgehead atoms. The largest absolute Gasteiger partial charge is 0.496 e. The van der Waals surface area contributed by atoms with Gasteiger partial charge in [0, 0.05) is 18.3 Å². The van der Waals surface area contributed by atoms with Gasteiger partial charge in [0.05, 0.1) is 12.8 Å². The Morgan fingerprint density at radius 2 is 2.11 bits per heavy atom. The van der Waals surface area contributed by atoms with E-state index in [1.54, 1.807) is 7.11 Å². The van der Waals surface area contributed by atoms with Crippen molar-refractivity contribution in [3.63, 3.8) is 0 Å². The molecule has 0 aliphatic heterocycles. The molecule has 2 rings (SSSR count). The number of methoxy groups -OCH3 is 1. The minimum absolute atomic E-state index is 0.520. The molecule has 1 aromatic carbocycles. The van der Waals surface area contributed by atoms with Crippen LogP contribution in [0.25, 0.3) is 11.3 Å². The standard InChI is InChI=1S/C14H19N3O/c1-5-10-6-7-12(18-4)11(8-10)13-9(2)17(3)14(15)16-13/h6-8H,5H2,1-4H3,(H2,15,16). The average molecular weight is 245 g/mol. The highest BCUT2D eigenvalue weighted by atomic mass is 16.5. The number of aryl methyl sites for hydroxylation is 1. The summed E-state index contributed by atoms with van der Waals surface area (Å²) < 4.78 is 7.30. The lowest BCUT2D eigenvalue weighted by molar-refractivity contribution is 0.416. The van der Waals surface area contributed by atoms with Gasteiger partial charge in [-0.3, -0.25) is 0 Å². The van der Waals surface area contributed by atoms with E-state index in [1.165, 1.54) is 5.56 Å². The highest BCUT2D eigenvalue weighted by Crippen LogP contribution is 2.33. The number of aromatic nitrogens is 2. The Hall–Kier alpha value is -1.97. The van der Waals surface area contributed by atoms with Crippen molar-refractivity contribution in [1.29, 1.82) is 0 Å². The number of imidazole rings is 1. The van der Waals surface area contributed by atoms with E-state index in [0.29, 0.717) is 5.95 Å². The third-order valence-electron chi connectivity index (χ3n) is 3.34. The molecule has 0 atom stereocenters. The number of hydrogen-bond donors (Lipinski definition) is 1. The molecule has 0 spiro atoms. The molecule has 0 aliphatic carbocycles. The van der Waals surface area contributed by atoms with Gasteiger partial charge in [-0.25, -0.2) is 4.98 Å². The maximum absolute atomic E-state index is 5.85. The number of nitrogens with two attached hydrogens (primary N) is 1. The number of ether oxygens (including phenoxy) is 1. The number of nitrogen functional groups attached to an aromatic ring is 1. The molecule has 2 N–H and O–H groups in total. The smallest absolute Gasteiger partial charge is 0.200 e. The SMILES string of the molecule is CCc1ccc(OC)c(-c2nc(N)n(C)c2C)c1. The van der Waals surface area contributed by atoms with Gasteiger partial charge in [-0.05, 0) is 31.0 Å². The minimum Gasteiger partial charge on any atom is -0.496 e. The summed E-state index contributed by atoms with van der Waals surface area (Å²) in [6.45, 7) is 4.14. The lowest BCUT2D eigenvalue weighted by Gasteiger charge is -2.09. The fourth-order valence-corrected chi connectivity index (χ4v) is 2.02. The molecule has 2 aromatic rings. The number of rotatable bonds is 3. The molecule has 0 unspecified atom stereocenters. The topological polar surface area (TPSA) is 53.1 Å². The zero-order chi connectivity index (χ0) is 13.3. The van der Waals surface area contributed by atoms with Crippen molar-refractivity contribution in [2.75, 3.05) is 12.8 Å². The van der Waals surface area contributed by atoms with Crippen LogP contribution in [0.15, 0.2) is 18.2 Å². The second kappa shape index (κ2) is 4.72. The van der Waals surface area contributed by atoms with Crippen LogP contribution in [0, 0.1) is 6.92 Å². The summed E-state index contributed by atoms with van der Waals surface area (Å²) in [5.74, 6) is 1.35. The van der Waals surface area contributed by atoms with Crippen LogP contribution in [-0.2, 0) is 13.5 Å². The molecule has 0 saturated carbocycles. The number of hydrogen-bond acceptors (Lipinski definition) is 3. The van der Waals surface area contributed by atoms with E-state index in [2.05, 4.69) is 24.0 Å². The van der Waals surface area contributed by atoms with E-state index in [-0.39, 0.29) is 0 Å². The molecule has 0 fully saturated rings. The summed E-state index contributed by atoms with van der Waals surface area (Å²) in [5, 5.41) is 0. The van der Waals surface area contributed by atoms with Crippen molar-refractivity contribution < 1.29 is 4.74 Å². The maximum atomic E-state index is 5.85. The minimum atomic E-state index is 0.520. The van der Waals surface area contributed by atoms with Crippen molar-refractivity contribution in [2.45, 2.75) is 20.3 Å². The summed E-state index contributed by atoms with van der Waals surface area (Å²) in [6.07, 6.45) is 0.984. The van der Waals surface area contributed by atoms with Crippen LogP contribution in [0.5, 0.6) is 5.75 Å². The highest BCUT2D eigenvalue weighted by molar-refractivity contribution is 5.71. The Kier molecular flexibility index (Phi) is 3.28. The predicted octanol–water partition coefficient (Wildman–Crippen LogP) is 2.55. The lowest BCUT2D eigenvalue weighted by Crippen LogP contribution is -1.97. The Bertz CT molecular complexity index is 573. The van der Waals surface area contributed by atoms with Crippen LogP contribution in [0.2, 0.25) is 0 Å². The predicted molar refractivity (Wildman–Crippen MR) is 73.7 cm³/mol. The number of anilines is 1. The van der Waals surface area contributed by atoms with Crippen molar-refractivity contribution in [1.82, 2.24) is 9.55 Å². The van der Waals surface area contributed by atoms with Crippen LogP contribution in [0.1, 0.15) is 18.2 Å². The molecule has 4 heteroatoms. The van der Waals surface area contributed by atoms with E-state index < -0.39 is 0 Å². The Morgan fingerprint density at radius 1 is 1.39 bits per heavy atom. The van der Waals surface area contributed by atoms with Crippen molar-refractivity contribution in [3.8, 4) is 17.0 Å². The monoisotopic (exact) mass is 245 g/mol. The first-order valence-electron chi connectivity index (χ1n) is 6.04. The van der Waals surface area contributed by atoms with Gasteiger partial charge in [0.25, 0.3) is 0 Å². The molecule has 0 saturated heterocycles. The Balaban J connectivity index is 2.64. The van der Waals surface area contributed by atoms with Gasteiger partial charge in [-0.15, -0.1) is 0 Å². The van der Waals surface area contributed by atoms with Crippen LogP contribution < -0.4 is 10.5 Å². The second-order valence-electron chi connectivity index (χ2n) is 4.35. The van der Waals surface area contributed by atoms with Gasteiger partial charge in [0.15, 0.2) is 0 Å². The third kappa shape index (κ3) is 1.94. The third-order valence-corrected chi connectivity index (χ3v) is 3.34. The molecule has 1 aromatic heterocycles. The quantitative estimate of drug-likeness (QED) is 0.904. The van der Waals surface area contributed by atoms with Crippen molar-refractivity contribution in [3.05, 3.63) is 29.5 Å². The van der Waals surface area contributed by atoms with Crippen LogP contribution in [0.4, 0.5) is 5.95 Å². The van der Waals surface area contributed by atoms with Crippen LogP contribution in [0.3, 0.4) is 0 Å². The van der Waals surface area contributed by atoms with E-state index >= 15 is 0 Å². The maximum Gasteiger partial charge on any atom is 0.200 e. The van der Waals surface area contributed by atoms with Gasteiger partial charge in [0.1, 0.15) is 5.75 Å². The molecule has 4 nitrogen and oxygen atoms in total. The van der Waals surface area contributed by atoms with Gasteiger partial charge in [0.2, 0.25) is 5.95 Å².